The maximum atomic E-state index is 11.9. The molecule has 1 aromatic rings. The number of rotatable bonds is 1. The fourth-order valence-electron chi connectivity index (χ4n) is 0.847. The number of nitriles is 1. The van der Waals surface area contributed by atoms with Crippen molar-refractivity contribution < 1.29 is 17.9 Å². The number of aromatic nitrogens is 1. The predicted octanol–water partition coefficient (Wildman–Crippen LogP) is 2.92. The van der Waals surface area contributed by atoms with E-state index in [1.54, 1.807) is 6.92 Å². The Hall–Kier alpha value is -1.29. The third-order valence-corrected chi connectivity index (χ3v) is 2.25. The van der Waals surface area contributed by atoms with Gasteiger partial charge in [0.05, 0.1) is 5.69 Å². The summed E-state index contributed by atoms with van der Waals surface area (Å²) in [5.41, 5.74) is 0.0223. The zero-order chi connectivity index (χ0) is 11.6. The number of aryl methyl sites for hydroxylation is 1. The Morgan fingerprint density at radius 3 is 2.60 bits per heavy atom. The lowest BCUT2D eigenvalue weighted by atomic mass is 10.3. The fraction of sp³-hybridized carbons (Fsp3) is 0.250. The molecule has 3 nitrogen and oxygen atoms in total. The van der Waals surface area contributed by atoms with E-state index in [4.69, 9.17) is 5.26 Å². The number of pyridine rings is 1. The van der Waals surface area contributed by atoms with Crippen molar-refractivity contribution in [3.8, 4) is 11.8 Å². The van der Waals surface area contributed by atoms with Gasteiger partial charge in [-0.25, -0.2) is 4.98 Å². The van der Waals surface area contributed by atoms with E-state index in [1.165, 1.54) is 6.07 Å². The second-order valence-electron chi connectivity index (χ2n) is 2.56. The van der Waals surface area contributed by atoms with Crippen molar-refractivity contribution in [3.05, 3.63) is 21.9 Å². The number of ether oxygens (including phenoxy) is 1. The molecule has 0 aromatic carbocycles. The van der Waals surface area contributed by atoms with Gasteiger partial charge < -0.3 is 4.74 Å². The minimum atomic E-state index is -4.83. The Morgan fingerprint density at radius 2 is 2.13 bits per heavy atom. The molecular formula is C8H4BrF3N2O. The molecule has 1 aromatic heterocycles. The molecule has 0 amide bonds. The molecule has 7 heteroatoms. The molecule has 0 N–H and O–H groups in total. The first kappa shape index (κ1) is 11.8. The maximum Gasteiger partial charge on any atom is 0.573 e. The molecule has 0 saturated carbocycles. The Morgan fingerprint density at radius 1 is 1.53 bits per heavy atom. The number of hydrogen-bond acceptors (Lipinski definition) is 3. The summed E-state index contributed by atoms with van der Waals surface area (Å²) in [7, 11) is 0. The van der Waals surface area contributed by atoms with Gasteiger partial charge in [0.2, 0.25) is 0 Å². The van der Waals surface area contributed by atoms with Gasteiger partial charge in [0.15, 0.2) is 11.4 Å². The van der Waals surface area contributed by atoms with Crippen molar-refractivity contribution in [1.82, 2.24) is 4.98 Å². The molecule has 0 bridgehead atoms. The summed E-state index contributed by atoms with van der Waals surface area (Å²) < 4.78 is 39.7. The normalized spacial score (nSPS) is 10.9. The highest BCUT2D eigenvalue weighted by molar-refractivity contribution is 9.10. The van der Waals surface area contributed by atoms with Gasteiger partial charge in [-0.15, -0.1) is 13.2 Å². The largest absolute Gasteiger partial charge is 0.573 e. The van der Waals surface area contributed by atoms with Crippen molar-refractivity contribution in [2.75, 3.05) is 0 Å². The molecule has 0 fully saturated rings. The Labute approximate surface area is 91.6 Å². The second kappa shape index (κ2) is 4.06. The average Bonchev–Trinajstić information content (AvgIpc) is 2.08. The summed E-state index contributed by atoms with van der Waals surface area (Å²) in [6.45, 7) is 1.56. The van der Waals surface area contributed by atoms with E-state index >= 15 is 0 Å². The highest BCUT2D eigenvalue weighted by Crippen LogP contribution is 2.28. The van der Waals surface area contributed by atoms with Crippen molar-refractivity contribution in [2.24, 2.45) is 0 Å². The van der Waals surface area contributed by atoms with E-state index in [0.717, 1.165) is 6.07 Å². The minimum absolute atomic E-state index is 0.348. The zero-order valence-electron chi connectivity index (χ0n) is 7.39. The lowest BCUT2D eigenvalue weighted by Crippen LogP contribution is -2.18. The monoisotopic (exact) mass is 280 g/mol. The molecule has 0 aliphatic heterocycles. The van der Waals surface area contributed by atoms with Gasteiger partial charge in [0, 0.05) is 4.47 Å². The molecule has 80 valence electrons. The van der Waals surface area contributed by atoms with Crippen LogP contribution in [0.2, 0.25) is 0 Å². The van der Waals surface area contributed by atoms with E-state index in [-0.39, 0.29) is 0 Å². The van der Waals surface area contributed by atoms with Crippen LogP contribution >= 0.6 is 15.9 Å². The van der Waals surface area contributed by atoms with E-state index in [9.17, 15) is 13.2 Å². The van der Waals surface area contributed by atoms with Gasteiger partial charge in [0.1, 0.15) is 6.07 Å². The predicted molar refractivity (Wildman–Crippen MR) is 48.1 cm³/mol. The van der Waals surface area contributed by atoms with Gasteiger partial charge in [-0.1, -0.05) is 0 Å². The molecule has 0 saturated heterocycles. The number of halogens is 4. The third-order valence-electron chi connectivity index (χ3n) is 1.45. The van der Waals surface area contributed by atoms with Crippen LogP contribution in [-0.2, 0) is 0 Å². The van der Waals surface area contributed by atoms with Gasteiger partial charge >= 0.3 is 6.36 Å². The Balaban J connectivity index is 3.18. The van der Waals surface area contributed by atoms with Crippen LogP contribution in [-0.4, -0.2) is 11.3 Å². The van der Waals surface area contributed by atoms with Gasteiger partial charge in [-0.05, 0) is 28.9 Å². The van der Waals surface area contributed by atoms with Crippen molar-refractivity contribution in [3.63, 3.8) is 0 Å². The average molecular weight is 281 g/mol. The van der Waals surface area contributed by atoms with Crippen LogP contribution < -0.4 is 4.74 Å². The minimum Gasteiger partial charge on any atom is -0.403 e. The molecule has 0 spiro atoms. The molecule has 0 atom stereocenters. The number of alkyl halides is 3. The third kappa shape index (κ3) is 3.09. The molecule has 15 heavy (non-hydrogen) atoms. The highest BCUT2D eigenvalue weighted by atomic mass is 79.9. The summed E-state index contributed by atoms with van der Waals surface area (Å²) in [6, 6.07) is 2.59. The maximum absolute atomic E-state index is 11.9. The quantitative estimate of drug-likeness (QED) is 0.795. The molecule has 0 aliphatic carbocycles. The first-order chi connectivity index (χ1) is 6.83. The topological polar surface area (TPSA) is 45.9 Å². The zero-order valence-corrected chi connectivity index (χ0v) is 8.98. The smallest absolute Gasteiger partial charge is 0.403 e. The van der Waals surface area contributed by atoms with Crippen molar-refractivity contribution in [2.45, 2.75) is 13.3 Å². The lowest BCUT2D eigenvalue weighted by molar-refractivity contribution is -0.274. The summed E-state index contributed by atoms with van der Waals surface area (Å²) >= 11 is 3.00. The van der Waals surface area contributed by atoms with Crippen molar-refractivity contribution in [1.29, 1.82) is 5.26 Å². The van der Waals surface area contributed by atoms with Crippen LogP contribution in [0.25, 0.3) is 0 Å². The van der Waals surface area contributed by atoms with E-state index in [0.29, 0.717) is 10.2 Å². The molecule has 1 rings (SSSR count). The van der Waals surface area contributed by atoms with Crippen LogP contribution in [0, 0.1) is 18.3 Å². The van der Waals surface area contributed by atoms with Crippen LogP contribution in [0.3, 0.4) is 0 Å². The molecular weight excluding hydrogens is 277 g/mol. The highest BCUT2D eigenvalue weighted by Gasteiger charge is 2.32. The molecule has 1 heterocycles. The van der Waals surface area contributed by atoms with Crippen LogP contribution in [0.15, 0.2) is 10.5 Å². The van der Waals surface area contributed by atoms with Crippen LogP contribution in [0.4, 0.5) is 13.2 Å². The first-order valence-corrected chi connectivity index (χ1v) is 4.46. The standard InChI is InChI=1S/C8H4BrF3N2O/c1-4-5(9)2-7(6(3-13)14-4)15-8(10,11)12/h2H,1H3. The van der Waals surface area contributed by atoms with Gasteiger partial charge in [-0.3, -0.25) is 0 Å². The van der Waals surface area contributed by atoms with Gasteiger partial charge in [0.25, 0.3) is 0 Å². The fourth-order valence-corrected chi connectivity index (χ4v) is 1.14. The number of nitrogens with zero attached hydrogens (tertiary/aromatic N) is 2. The van der Waals surface area contributed by atoms with E-state index in [1.807, 2.05) is 0 Å². The van der Waals surface area contributed by atoms with E-state index < -0.39 is 17.8 Å². The molecule has 0 aliphatic rings. The Kier molecular flexibility index (Phi) is 3.19. The SMILES string of the molecule is Cc1nc(C#N)c(OC(F)(F)F)cc1Br. The lowest BCUT2D eigenvalue weighted by Gasteiger charge is -2.10. The molecule has 0 radical (unpaired) electrons. The molecule has 0 unspecified atom stereocenters. The number of hydrogen-bond donors (Lipinski definition) is 0. The summed E-state index contributed by atoms with van der Waals surface area (Å²) in [5, 5.41) is 8.56. The van der Waals surface area contributed by atoms with Crippen LogP contribution in [0.5, 0.6) is 5.75 Å². The van der Waals surface area contributed by atoms with E-state index in [2.05, 4.69) is 25.7 Å². The Bertz CT molecular complexity index is 425. The van der Waals surface area contributed by atoms with Crippen LogP contribution in [0.1, 0.15) is 11.4 Å². The summed E-state index contributed by atoms with van der Waals surface area (Å²) in [6.07, 6.45) is -4.83. The summed E-state index contributed by atoms with van der Waals surface area (Å²) in [4.78, 5) is 3.64. The first-order valence-electron chi connectivity index (χ1n) is 3.66. The van der Waals surface area contributed by atoms with Crippen molar-refractivity contribution >= 4 is 15.9 Å². The van der Waals surface area contributed by atoms with Gasteiger partial charge in [-0.2, -0.15) is 5.26 Å². The summed E-state index contributed by atoms with van der Waals surface area (Å²) in [5.74, 6) is -0.609. The second-order valence-corrected chi connectivity index (χ2v) is 3.42.